The Morgan fingerprint density at radius 1 is 1.56 bits per heavy atom. The van der Waals surface area contributed by atoms with Crippen LogP contribution < -0.4 is 4.72 Å². The molecular formula is C11H12N2O2S. The first-order valence-corrected chi connectivity index (χ1v) is 5.70. The third-order valence-electron chi connectivity index (χ3n) is 1.82. The van der Waals surface area contributed by atoms with Gasteiger partial charge >= 0.3 is 0 Å². The predicted octanol–water partition coefficient (Wildman–Crippen LogP) is 2.53. The summed E-state index contributed by atoms with van der Waals surface area (Å²) in [5.74, 6) is 0. The molecule has 0 spiro atoms. The van der Waals surface area contributed by atoms with E-state index in [0.717, 1.165) is 11.1 Å². The minimum atomic E-state index is -2.16. The SMILES string of the molecule is CC(C)=Cc1ccc(NS(=O)O)c(C#N)c1. The Labute approximate surface area is 97.0 Å². The quantitative estimate of drug-likeness (QED) is 0.792. The fourth-order valence-electron chi connectivity index (χ4n) is 1.26. The molecule has 5 heteroatoms. The zero-order valence-electron chi connectivity index (χ0n) is 9.02. The van der Waals surface area contributed by atoms with Gasteiger partial charge in [-0.1, -0.05) is 17.7 Å². The number of hydrogen-bond acceptors (Lipinski definition) is 2. The van der Waals surface area contributed by atoms with Crippen LogP contribution in [0.3, 0.4) is 0 Å². The summed E-state index contributed by atoms with van der Waals surface area (Å²) in [7, 11) is 0. The second kappa shape index (κ2) is 5.45. The highest BCUT2D eigenvalue weighted by molar-refractivity contribution is 7.80. The van der Waals surface area contributed by atoms with Crippen LogP contribution in [0, 0.1) is 11.3 Å². The van der Waals surface area contributed by atoms with Crippen LogP contribution in [0.4, 0.5) is 5.69 Å². The maximum atomic E-state index is 10.6. The van der Waals surface area contributed by atoms with E-state index >= 15 is 0 Å². The van der Waals surface area contributed by atoms with Crippen molar-refractivity contribution in [3.8, 4) is 6.07 Å². The smallest absolute Gasteiger partial charge is 0.259 e. The molecule has 1 atom stereocenters. The van der Waals surface area contributed by atoms with E-state index < -0.39 is 11.3 Å². The molecule has 0 heterocycles. The standard InChI is InChI=1S/C11H12N2O2S/c1-8(2)5-9-3-4-11(13-16(14)15)10(6-9)7-12/h3-6,13H,1-2H3,(H,14,15). The molecular weight excluding hydrogens is 224 g/mol. The predicted molar refractivity (Wildman–Crippen MR) is 64.9 cm³/mol. The summed E-state index contributed by atoms with van der Waals surface area (Å²) < 4.78 is 21.5. The molecule has 0 bridgehead atoms. The highest BCUT2D eigenvalue weighted by atomic mass is 32.2. The van der Waals surface area contributed by atoms with Crippen molar-refractivity contribution in [3.63, 3.8) is 0 Å². The molecule has 1 aromatic rings. The second-order valence-electron chi connectivity index (χ2n) is 3.49. The van der Waals surface area contributed by atoms with E-state index in [4.69, 9.17) is 9.81 Å². The van der Waals surface area contributed by atoms with Gasteiger partial charge in [0.2, 0.25) is 0 Å². The van der Waals surface area contributed by atoms with Gasteiger partial charge in [-0.3, -0.25) is 9.27 Å². The first-order valence-electron chi connectivity index (χ1n) is 4.59. The fraction of sp³-hybridized carbons (Fsp3) is 0.182. The first-order chi connectivity index (χ1) is 7.52. The Balaban J connectivity index is 3.13. The van der Waals surface area contributed by atoms with Gasteiger partial charge in [-0.25, -0.2) is 4.21 Å². The van der Waals surface area contributed by atoms with Crippen LogP contribution in [0.2, 0.25) is 0 Å². The van der Waals surface area contributed by atoms with Crippen LogP contribution in [0.15, 0.2) is 23.8 Å². The van der Waals surface area contributed by atoms with Crippen molar-refractivity contribution in [3.05, 3.63) is 34.9 Å². The third-order valence-corrected chi connectivity index (χ3v) is 2.21. The van der Waals surface area contributed by atoms with Crippen LogP contribution in [0.25, 0.3) is 6.08 Å². The van der Waals surface area contributed by atoms with E-state index in [1.807, 2.05) is 26.0 Å². The fourth-order valence-corrected chi connectivity index (χ4v) is 1.63. The van der Waals surface area contributed by atoms with Gasteiger partial charge in [0.25, 0.3) is 11.3 Å². The molecule has 0 aliphatic heterocycles. The number of benzene rings is 1. The third kappa shape index (κ3) is 3.50. The van der Waals surface area contributed by atoms with Crippen LogP contribution in [0.1, 0.15) is 25.0 Å². The Morgan fingerprint density at radius 3 is 2.75 bits per heavy atom. The highest BCUT2D eigenvalue weighted by Crippen LogP contribution is 2.18. The number of anilines is 1. The number of allylic oxidation sites excluding steroid dienone is 1. The molecule has 0 amide bonds. The molecule has 4 nitrogen and oxygen atoms in total. The first kappa shape index (κ1) is 12.4. The summed E-state index contributed by atoms with van der Waals surface area (Å²) in [5, 5.41) is 8.90. The van der Waals surface area contributed by atoms with Gasteiger partial charge < -0.3 is 0 Å². The van der Waals surface area contributed by atoms with Gasteiger partial charge in [0, 0.05) is 0 Å². The number of rotatable bonds is 3. The average molecular weight is 236 g/mol. The molecule has 1 unspecified atom stereocenters. The van der Waals surface area contributed by atoms with Crippen molar-refractivity contribution in [1.29, 1.82) is 5.26 Å². The van der Waals surface area contributed by atoms with E-state index in [1.54, 1.807) is 18.2 Å². The summed E-state index contributed by atoms with van der Waals surface area (Å²) in [4.78, 5) is 0. The van der Waals surface area contributed by atoms with Gasteiger partial charge in [0.15, 0.2) is 0 Å². The molecule has 1 aromatic carbocycles. The Kier molecular flexibility index (Phi) is 4.23. The molecule has 16 heavy (non-hydrogen) atoms. The summed E-state index contributed by atoms with van der Waals surface area (Å²) in [6.45, 7) is 3.92. The van der Waals surface area contributed by atoms with Gasteiger partial charge in [0.05, 0.1) is 11.3 Å². The van der Waals surface area contributed by atoms with E-state index in [-0.39, 0.29) is 0 Å². The van der Waals surface area contributed by atoms with Gasteiger partial charge in [-0.05, 0) is 31.5 Å². The lowest BCUT2D eigenvalue weighted by molar-refractivity contribution is 0.570. The number of nitriles is 1. The molecule has 0 aliphatic rings. The number of hydrogen-bond donors (Lipinski definition) is 2. The molecule has 0 aliphatic carbocycles. The monoisotopic (exact) mass is 236 g/mol. The lowest BCUT2D eigenvalue weighted by Crippen LogP contribution is -2.03. The minimum Gasteiger partial charge on any atom is -0.289 e. The van der Waals surface area contributed by atoms with E-state index in [1.165, 1.54) is 0 Å². The van der Waals surface area contributed by atoms with Crippen molar-refractivity contribution < 1.29 is 8.76 Å². The molecule has 0 fully saturated rings. The summed E-state index contributed by atoms with van der Waals surface area (Å²) in [6, 6.07) is 7.04. The molecule has 0 saturated heterocycles. The zero-order chi connectivity index (χ0) is 12.1. The summed E-state index contributed by atoms with van der Waals surface area (Å²) in [5.41, 5.74) is 2.72. The summed E-state index contributed by atoms with van der Waals surface area (Å²) in [6.07, 6.45) is 1.93. The maximum absolute atomic E-state index is 10.6. The van der Waals surface area contributed by atoms with E-state index in [2.05, 4.69) is 4.72 Å². The van der Waals surface area contributed by atoms with Gasteiger partial charge in [0.1, 0.15) is 6.07 Å². The number of nitrogens with zero attached hydrogens (tertiary/aromatic N) is 1. The highest BCUT2D eigenvalue weighted by Gasteiger charge is 2.04. The van der Waals surface area contributed by atoms with Gasteiger partial charge in [-0.15, -0.1) is 0 Å². The van der Waals surface area contributed by atoms with Crippen LogP contribution in [-0.4, -0.2) is 8.76 Å². The van der Waals surface area contributed by atoms with Crippen LogP contribution >= 0.6 is 0 Å². The van der Waals surface area contributed by atoms with Crippen molar-refractivity contribution >= 4 is 23.0 Å². The average Bonchev–Trinajstić information content (AvgIpc) is 2.18. The molecule has 1 rings (SSSR count). The topological polar surface area (TPSA) is 73.1 Å². The lowest BCUT2D eigenvalue weighted by Gasteiger charge is -2.04. The minimum absolute atomic E-state index is 0.345. The number of nitrogens with one attached hydrogen (secondary N) is 1. The normalized spacial score (nSPS) is 11.4. The lowest BCUT2D eigenvalue weighted by atomic mass is 10.1. The molecule has 0 aromatic heterocycles. The van der Waals surface area contributed by atoms with E-state index in [0.29, 0.717) is 11.3 Å². The van der Waals surface area contributed by atoms with Crippen molar-refractivity contribution in [2.75, 3.05) is 4.72 Å². The van der Waals surface area contributed by atoms with Crippen LogP contribution in [-0.2, 0) is 11.3 Å². The summed E-state index contributed by atoms with van der Waals surface area (Å²) >= 11 is -2.16. The van der Waals surface area contributed by atoms with Crippen molar-refractivity contribution in [2.45, 2.75) is 13.8 Å². The molecule has 0 radical (unpaired) electrons. The zero-order valence-corrected chi connectivity index (χ0v) is 9.84. The Hall–Kier alpha value is -1.64. The molecule has 0 saturated carbocycles. The Bertz CT molecular complexity index is 485. The second-order valence-corrected chi connectivity index (χ2v) is 4.19. The van der Waals surface area contributed by atoms with E-state index in [9.17, 15) is 4.21 Å². The molecule has 84 valence electrons. The van der Waals surface area contributed by atoms with Crippen LogP contribution in [0.5, 0.6) is 0 Å². The largest absolute Gasteiger partial charge is 0.289 e. The van der Waals surface area contributed by atoms with Gasteiger partial charge in [-0.2, -0.15) is 5.26 Å². The van der Waals surface area contributed by atoms with Crippen molar-refractivity contribution in [1.82, 2.24) is 0 Å². The Morgan fingerprint density at radius 2 is 2.25 bits per heavy atom. The maximum Gasteiger partial charge on any atom is 0.259 e. The molecule has 2 N–H and O–H groups in total. The van der Waals surface area contributed by atoms with Crippen molar-refractivity contribution in [2.24, 2.45) is 0 Å².